The molecule has 5 rings (SSSR count). The van der Waals surface area contributed by atoms with E-state index < -0.39 is 0 Å². The minimum absolute atomic E-state index is 0.0484. The lowest BCUT2D eigenvalue weighted by Crippen LogP contribution is -2.23. The van der Waals surface area contributed by atoms with Crippen LogP contribution in [-0.4, -0.2) is 46.2 Å². The van der Waals surface area contributed by atoms with Gasteiger partial charge in [-0.05, 0) is 49.1 Å². The van der Waals surface area contributed by atoms with Crippen molar-refractivity contribution in [3.05, 3.63) is 66.4 Å². The first kappa shape index (κ1) is 21.9. The summed E-state index contributed by atoms with van der Waals surface area (Å²) < 4.78 is 8.06. The number of nitrogens with zero attached hydrogens (tertiary/aromatic N) is 3. The molecule has 2 saturated heterocycles. The van der Waals surface area contributed by atoms with Crippen LogP contribution in [0.4, 0.5) is 5.69 Å². The van der Waals surface area contributed by atoms with Crippen molar-refractivity contribution in [3.63, 3.8) is 0 Å². The number of ether oxygens (including phenoxy) is 1. The Morgan fingerprint density at radius 3 is 2.61 bits per heavy atom. The normalized spacial score (nSPS) is 18.2. The third kappa shape index (κ3) is 4.89. The third-order valence-electron chi connectivity index (χ3n) is 6.21. The lowest BCUT2D eigenvalue weighted by atomic mass is 10.1. The summed E-state index contributed by atoms with van der Waals surface area (Å²) in [4.78, 5) is 31.3. The molecule has 2 fully saturated rings. The molecule has 1 atom stereocenters. The molecule has 2 aliphatic heterocycles. The molecular weight excluding hydrogens is 434 g/mol. The Morgan fingerprint density at radius 1 is 1.09 bits per heavy atom. The Kier molecular flexibility index (Phi) is 6.60. The van der Waals surface area contributed by atoms with E-state index in [1.807, 2.05) is 48.7 Å². The average Bonchev–Trinajstić information content (AvgIpc) is 3.60. The van der Waals surface area contributed by atoms with Crippen LogP contribution >= 0.6 is 11.8 Å². The van der Waals surface area contributed by atoms with Crippen LogP contribution in [0.2, 0.25) is 0 Å². The van der Waals surface area contributed by atoms with E-state index in [0.29, 0.717) is 17.7 Å². The van der Waals surface area contributed by atoms with Crippen LogP contribution in [0.5, 0.6) is 0 Å². The fourth-order valence-corrected chi connectivity index (χ4v) is 5.33. The van der Waals surface area contributed by atoms with Crippen LogP contribution < -0.4 is 4.90 Å². The van der Waals surface area contributed by atoms with E-state index in [1.54, 1.807) is 4.90 Å². The van der Waals surface area contributed by atoms with Crippen molar-refractivity contribution < 1.29 is 14.3 Å². The number of hydrogen-bond donors (Lipinski definition) is 0. The summed E-state index contributed by atoms with van der Waals surface area (Å²) >= 11 is 1.46. The lowest BCUT2D eigenvalue weighted by Gasteiger charge is -2.16. The molecule has 33 heavy (non-hydrogen) atoms. The molecule has 0 N–H and O–H groups in total. The Hall–Kier alpha value is -2.90. The molecule has 7 heteroatoms. The van der Waals surface area contributed by atoms with Crippen LogP contribution in [0.3, 0.4) is 0 Å². The summed E-state index contributed by atoms with van der Waals surface area (Å²) in [6.45, 7) is 2.29. The average molecular weight is 462 g/mol. The maximum atomic E-state index is 12.9. The molecule has 3 aromatic rings. The molecule has 1 aromatic heterocycles. The quantitative estimate of drug-likeness (QED) is 0.355. The van der Waals surface area contributed by atoms with E-state index in [0.717, 1.165) is 61.1 Å². The molecular formula is C26H27N3O3S. The zero-order valence-corrected chi connectivity index (χ0v) is 19.3. The maximum Gasteiger partial charge on any atom is 0.227 e. The van der Waals surface area contributed by atoms with E-state index in [4.69, 9.17) is 4.74 Å². The first-order valence-corrected chi connectivity index (χ1v) is 12.5. The van der Waals surface area contributed by atoms with Gasteiger partial charge in [0.05, 0.1) is 30.3 Å². The number of thioether (sulfide) groups is 1. The minimum Gasteiger partial charge on any atom is -0.376 e. The van der Waals surface area contributed by atoms with Crippen molar-refractivity contribution in [3.8, 4) is 11.3 Å². The summed E-state index contributed by atoms with van der Waals surface area (Å²) in [7, 11) is 0. The smallest absolute Gasteiger partial charge is 0.227 e. The standard InChI is InChI=1S/C26H27N3O3S/c30-24(20-10-12-21(13-11-20)28-14-4-9-25(28)31)18-33-26-27-16-23(19-6-2-1-3-7-19)29(26)17-22-8-5-15-32-22/h1-3,6-7,10-13,16,22H,4-5,8-9,14-15,17-18H2. The predicted octanol–water partition coefficient (Wildman–Crippen LogP) is 4.83. The van der Waals surface area contributed by atoms with E-state index in [2.05, 4.69) is 21.7 Å². The molecule has 3 heterocycles. The minimum atomic E-state index is 0.0484. The fraction of sp³-hybridized carbons (Fsp3) is 0.346. The number of carbonyl (C=O) groups excluding carboxylic acids is 2. The van der Waals surface area contributed by atoms with Crippen molar-refractivity contribution in [2.75, 3.05) is 23.8 Å². The zero-order valence-electron chi connectivity index (χ0n) is 18.5. The monoisotopic (exact) mass is 461 g/mol. The predicted molar refractivity (Wildman–Crippen MR) is 130 cm³/mol. The van der Waals surface area contributed by atoms with Gasteiger partial charge in [-0.15, -0.1) is 0 Å². The fourth-order valence-electron chi connectivity index (χ4n) is 4.44. The summed E-state index contributed by atoms with van der Waals surface area (Å²) in [5.74, 6) is 0.503. The van der Waals surface area contributed by atoms with E-state index in [9.17, 15) is 9.59 Å². The molecule has 1 unspecified atom stereocenters. The lowest BCUT2D eigenvalue weighted by molar-refractivity contribution is -0.117. The van der Waals surface area contributed by atoms with E-state index in [-0.39, 0.29) is 17.8 Å². The SMILES string of the molecule is O=C(CSc1ncc(-c2ccccc2)n1CC1CCCO1)c1ccc(N2CCCC2=O)cc1. The van der Waals surface area contributed by atoms with Crippen LogP contribution in [0.25, 0.3) is 11.3 Å². The molecule has 0 saturated carbocycles. The molecule has 0 bridgehead atoms. The second kappa shape index (κ2) is 9.93. The van der Waals surface area contributed by atoms with E-state index in [1.165, 1.54) is 11.8 Å². The first-order valence-electron chi connectivity index (χ1n) is 11.5. The summed E-state index contributed by atoms with van der Waals surface area (Å²) in [5.41, 5.74) is 3.66. The van der Waals surface area contributed by atoms with Crippen molar-refractivity contribution in [1.29, 1.82) is 0 Å². The van der Waals surface area contributed by atoms with Gasteiger partial charge in [-0.3, -0.25) is 9.59 Å². The molecule has 1 amide bonds. The van der Waals surface area contributed by atoms with Crippen molar-refractivity contribution in [2.24, 2.45) is 0 Å². The number of hydrogen-bond acceptors (Lipinski definition) is 5. The molecule has 170 valence electrons. The molecule has 0 aliphatic carbocycles. The topological polar surface area (TPSA) is 64.4 Å². The second-order valence-electron chi connectivity index (χ2n) is 8.45. The van der Waals surface area contributed by atoms with Gasteiger partial charge >= 0.3 is 0 Å². The summed E-state index contributed by atoms with van der Waals surface area (Å²) in [6, 6.07) is 17.6. The van der Waals surface area contributed by atoms with Gasteiger partial charge < -0.3 is 14.2 Å². The third-order valence-corrected chi connectivity index (χ3v) is 7.20. The molecule has 0 radical (unpaired) electrons. The van der Waals surface area contributed by atoms with Crippen molar-refractivity contribution >= 4 is 29.1 Å². The maximum absolute atomic E-state index is 12.9. The first-order chi connectivity index (χ1) is 16.2. The van der Waals surface area contributed by atoms with Crippen molar-refractivity contribution in [2.45, 2.75) is 43.5 Å². The molecule has 6 nitrogen and oxygen atoms in total. The van der Waals surface area contributed by atoms with Gasteiger partial charge in [-0.1, -0.05) is 42.1 Å². The van der Waals surface area contributed by atoms with Gasteiger partial charge in [0, 0.05) is 30.8 Å². The number of anilines is 1. The second-order valence-corrected chi connectivity index (χ2v) is 9.39. The number of amides is 1. The number of Topliss-reactive ketones (excluding diaryl/α,β-unsaturated/α-hetero) is 1. The zero-order chi connectivity index (χ0) is 22.6. The number of imidazole rings is 1. The molecule has 2 aliphatic rings. The number of aromatic nitrogens is 2. The van der Waals surface area contributed by atoms with Crippen LogP contribution in [0, 0.1) is 0 Å². The molecule has 0 spiro atoms. The number of benzene rings is 2. The van der Waals surface area contributed by atoms with Gasteiger partial charge in [-0.2, -0.15) is 0 Å². The van der Waals surface area contributed by atoms with Crippen molar-refractivity contribution in [1.82, 2.24) is 9.55 Å². The largest absolute Gasteiger partial charge is 0.376 e. The van der Waals surface area contributed by atoms with Gasteiger partial charge in [0.15, 0.2) is 10.9 Å². The highest BCUT2D eigenvalue weighted by atomic mass is 32.2. The van der Waals surface area contributed by atoms with Crippen LogP contribution in [-0.2, 0) is 16.1 Å². The highest BCUT2D eigenvalue weighted by Gasteiger charge is 2.23. The summed E-state index contributed by atoms with van der Waals surface area (Å²) in [6.07, 6.45) is 5.68. The number of ketones is 1. The Morgan fingerprint density at radius 2 is 1.91 bits per heavy atom. The van der Waals surface area contributed by atoms with E-state index >= 15 is 0 Å². The number of carbonyl (C=O) groups is 2. The van der Waals surface area contributed by atoms with Gasteiger partial charge in [0.2, 0.25) is 5.91 Å². The van der Waals surface area contributed by atoms with Gasteiger partial charge in [0.25, 0.3) is 0 Å². The van der Waals surface area contributed by atoms with Crippen LogP contribution in [0.1, 0.15) is 36.0 Å². The highest BCUT2D eigenvalue weighted by Crippen LogP contribution is 2.29. The van der Waals surface area contributed by atoms with Gasteiger partial charge in [0.1, 0.15) is 0 Å². The Bertz CT molecular complexity index is 1120. The highest BCUT2D eigenvalue weighted by molar-refractivity contribution is 7.99. The van der Waals surface area contributed by atoms with Gasteiger partial charge in [-0.25, -0.2) is 4.98 Å². The number of rotatable bonds is 8. The summed E-state index contributed by atoms with van der Waals surface area (Å²) in [5, 5.41) is 0.831. The Balaban J connectivity index is 1.30. The van der Waals surface area contributed by atoms with Crippen LogP contribution in [0.15, 0.2) is 66.0 Å². The molecule has 2 aromatic carbocycles. The Labute approximate surface area is 198 Å².